The number of rotatable bonds is 2. The van der Waals surface area contributed by atoms with Gasteiger partial charge in [-0.1, -0.05) is 44.5 Å². The number of fused-ring (bicyclic) bond motifs is 1. The Bertz CT molecular complexity index is 1010. The summed E-state index contributed by atoms with van der Waals surface area (Å²) in [5.41, 5.74) is 0.390. The van der Waals surface area contributed by atoms with E-state index in [9.17, 15) is 9.90 Å². The summed E-state index contributed by atoms with van der Waals surface area (Å²) in [6, 6.07) is 13.3. The summed E-state index contributed by atoms with van der Waals surface area (Å²) in [4.78, 5) is 12.0. The second kappa shape index (κ2) is 12.8. The van der Waals surface area contributed by atoms with Crippen molar-refractivity contribution in [2.24, 2.45) is 5.92 Å². The van der Waals surface area contributed by atoms with E-state index >= 15 is 0 Å². The molecule has 6 heteroatoms. The Balaban J connectivity index is 0.000000345. The fourth-order valence-corrected chi connectivity index (χ4v) is 2.99. The summed E-state index contributed by atoms with van der Waals surface area (Å²) in [6.45, 7) is 6.54. The number of benzene rings is 2. The predicted molar refractivity (Wildman–Crippen MR) is 117 cm³/mol. The quantitative estimate of drug-likeness (QED) is 0.434. The molecule has 1 fully saturated rings. The van der Waals surface area contributed by atoms with Gasteiger partial charge in [0.2, 0.25) is 0 Å². The summed E-state index contributed by atoms with van der Waals surface area (Å²) in [5, 5.41) is 12.9. The molecule has 4 rings (SSSR count). The molecule has 0 atom stereocenters. The largest absolute Gasteiger partial charge is 2.00 e. The SMILES string of the molecule is C[C]1[CH][CH][C](C(C)C)[CH][CH]1.O=c1c([O-])c(-c2ccc(Cl)cc2)oc2ccccc12.[Br-].[Ru+2]. The molecule has 0 amide bonds. The molecule has 0 aliphatic heterocycles. The average Bonchev–Trinajstić information content (AvgIpc) is 2.72. The third-order valence-corrected chi connectivity index (χ3v) is 4.86. The molecule has 1 heterocycles. The number of para-hydroxylation sites is 1. The molecule has 3 aromatic rings. The zero-order valence-electron chi connectivity index (χ0n) is 17.3. The van der Waals surface area contributed by atoms with Gasteiger partial charge in [-0.05, 0) is 85.6 Å². The van der Waals surface area contributed by atoms with Gasteiger partial charge in [-0.25, -0.2) is 0 Å². The van der Waals surface area contributed by atoms with Gasteiger partial charge in [0.25, 0.3) is 0 Å². The van der Waals surface area contributed by atoms with E-state index in [1.54, 1.807) is 48.5 Å². The molecule has 3 nitrogen and oxygen atoms in total. The van der Waals surface area contributed by atoms with Crippen LogP contribution in [0.2, 0.25) is 5.02 Å². The van der Waals surface area contributed by atoms with Gasteiger partial charge in [-0.3, -0.25) is 4.79 Å². The third kappa shape index (κ3) is 7.17. The maximum Gasteiger partial charge on any atom is 2.00 e. The van der Waals surface area contributed by atoms with E-state index in [4.69, 9.17) is 16.0 Å². The minimum atomic E-state index is -0.638. The molecule has 0 saturated heterocycles. The zero-order valence-corrected chi connectivity index (χ0v) is 21.4. The minimum Gasteiger partial charge on any atom is -1.00 e. The molecule has 31 heavy (non-hydrogen) atoms. The van der Waals surface area contributed by atoms with Crippen LogP contribution in [0.25, 0.3) is 22.3 Å². The number of halogens is 2. The van der Waals surface area contributed by atoms with Crippen molar-refractivity contribution in [1.82, 2.24) is 0 Å². The first-order valence-corrected chi connectivity index (χ1v) is 9.80. The molecule has 0 N–H and O–H groups in total. The Labute approximate surface area is 212 Å². The topological polar surface area (TPSA) is 53.3 Å². The van der Waals surface area contributed by atoms with Crippen LogP contribution in [0.4, 0.5) is 0 Å². The molecule has 1 aromatic heterocycles. The maximum absolute atomic E-state index is 12.0. The Morgan fingerprint density at radius 3 is 2.10 bits per heavy atom. The van der Waals surface area contributed by atoms with E-state index in [1.807, 2.05) is 0 Å². The Kier molecular flexibility index (Phi) is 11.5. The second-order valence-electron chi connectivity index (χ2n) is 7.16. The van der Waals surface area contributed by atoms with Crippen LogP contribution in [0.1, 0.15) is 20.8 Å². The van der Waals surface area contributed by atoms with Crippen LogP contribution >= 0.6 is 11.6 Å². The van der Waals surface area contributed by atoms with Gasteiger partial charge in [-0.2, -0.15) is 0 Å². The van der Waals surface area contributed by atoms with Crippen LogP contribution in [0.15, 0.2) is 57.7 Å². The van der Waals surface area contributed by atoms with E-state index in [0.717, 1.165) is 0 Å². The number of hydrogen-bond acceptors (Lipinski definition) is 3. The first-order valence-electron chi connectivity index (χ1n) is 9.42. The van der Waals surface area contributed by atoms with Crippen LogP contribution in [-0.4, -0.2) is 0 Å². The van der Waals surface area contributed by atoms with Gasteiger partial charge in [0, 0.05) is 10.6 Å². The Morgan fingerprint density at radius 1 is 0.935 bits per heavy atom. The van der Waals surface area contributed by atoms with Crippen molar-refractivity contribution >= 4 is 22.6 Å². The molecule has 1 saturated carbocycles. The van der Waals surface area contributed by atoms with Crippen molar-refractivity contribution in [3.05, 3.63) is 101 Å². The van der Waals surface area contributed by atoms with Gasteiger partial charge < -0.3 is 26.5 Å². The van der Waals surface area contributed by atoms with Crippen molar-refractivity contribution < 1.29 is 46.0 Å². The molecule has 1 aliphatic rings. The summed E-state index contributed by atoms with van der Waals surface area (Å²) < 4.78 is 5.54. The van der Waals surface area contributed by atoms with Crippen LogP contribution in [-0.2, 0) is 19.5 Å². The van der Waals surface area contributed by atoms with Crippen molar-refractivity contribution in [3.63, 3.8) is 0 Å². The molecule has 1 aliphatic carbocycles. The van der Waals surface area contributed by atoms with Crippen LogP contribution in [0, 0.1) is 43.4 Å². The van der Waals surface area contributed by atoms with Gasteiger partial charge >= 0.3 is 19.5 Å². The van der Waals surface area contributed by atoms with Gasteiger partial charge in [0.1, 0.15) is 11.3 Å². The van der Waals surface area contributed by atoms with Crippen LogP contribution < -0.4 is 27.5 Å². The van der Waals surface area contributed by atoms with E-state index in [2.05, 4.69) is 46.5 Å². The van der Waals surface area contributed by atoms with Gasteiger partial charge in [0.05, 0.1) is 5.39 Å². The maximum atomic E-state index is 12.0. The van der Waals surface area contributed by atoms with Crippen LogP contribution in [0.3, 0.4) is 0 Å². The summed E-state index contributed by atoms with van der Waals surface area (Å²) in [7, 11) is 0. The van der Waals surface area contributed by atoms with Crippen molar-refractivity contribution in [2.75, 3.05) is 0 Å². The summed E-state index contributed by atoms with van der Waals surface area (Å²) in [5.74, 6) is 2.82. The third-order valence-electron chi connectivity index (χ3n) is 4.61. The van der Waals surface area contributed by atoms with Gasteiger partial charge in [-0.15, -0.1) is 0 Å². The average molecular weight is 587 g/mol. The normalized spacial score (nSPS) is 14.4. The van der Waals surface area contributed by atoms with Gasteiger partial charge in [0.15, 0.2) is 5.43 Å². The molecule has 162 valence electrons. The molecule has 0 spiro atoms. The Hall–Kier alpha value is -1.16. The predicted octanol–water partition coefficient (Wildman–Crippen LogP) is 2.83. The molecule has 0 bridgehead atoms. The molecular weight excluding hydrogens is 565 g/mol. The van der Waals surface area contributed by atoms with E-state index in [1.165, 1.54) is 11.8 Å². The smallest absolute Gasteiger partial charge is 1.00 e. The fourth-order valence-electron chi connectivity index (χ4n) is 2.87. The second-order valence-corrected chi connectivity index (χ2v) is 7.59. The van der Waals surface area contributed by atoms with E-state index < -0.39 is 11.2 Å². The molecule has 0 unspecified atom stereocenters. The van der Waals surface area contributed by atoms with E-state index in [-0.39, 0.29) is 42.2 Å². The zero-order chi connectivity index (χ0) is 21.0. The van der Waals surface area contributed by atoms with Crippen molar-refractivity contribution in [3.8, 4) is 17.1 Å². The summed E-state index contributed by atoms with van der Waals surface area (Å²) >= 11 is 5.79. The van der Waals surface area contributed by atoms with Crippen molar-refractivity contribution in [2.45, 2.75) is 20.8 Å². The van der Waals surface area contributed by atoms with Crippen molar-refractivity contribution in [1.29, 1.82) is 0 Å². The molecule has 6 radical (unpaired) electrons. The minimum absolute atomic E-state index is 0. The summed E-state index contributed by atoms with van der Waals surface area (Å²) in [6.07, 6.45) is 8.71. The van der Waals surface area contributed by atoms with E-state index in [0.29, 0.717) is 27.5 Å². The number of hydrogen-bond donors (Lipinski definition) is 0. The monoisotopic (exact) mass is 586 g/mol. The standard InChI is InChI=1S/C15H9ClO3.C10H14.BrH.Ru/c16-10-7-5-9(6-8-10)15-14(18)13(17)11-3-1-2-4-12(11)19-15;1-8(2)10-6-4-9(3)5-7-10;;/h1-8,18H;4-8H,1-3H3;1H;/q;;;+2/p-2. The van der Waals surface area contributed by atoms with Crippen LogP contribution in [0.5, 0.6) is 5.75 Å². The molecular formula is C25H22BrClO3Ru. The first kappa shape index (κ1) is 27.9. The molecule has 2 aromatic carbocycles. The Morgan fingerprint density at radius 2 is 1.52 bits per heavy atom. The first-order chi connectivity index (χ1) is 13.9. The fraction of sp³-hybridized carbons (Fsp3) is 0.160.